The number of hydrogen-bond donors (Lipinski definition) is 1. The van der Waals surface area contributed by atoms with E-state index in [9.17, 15) is 9.59 Å². The molecule has 1 amide bonds. The molecule has 1 N–H and O–H groups in total. The minimum absolute atomic E-state index is 0.0514. The summed E-state index contributed by atoms with van der Waals surface area (Å²) >= 11 is 0. The van der Waals surface area contributed by atoms with Gasteiger partial charge >= 0.3 is 0 Å². The predicted molar refractivity (Wildman–Crippen MR) is 85.0 cm³/mol. The van der Waals surface area contributed by atoms with Crippen LogP contribution in [-0.4, -0.2) is 15.7 Å². The number of nitrogens with zero attached hydrogens (tertiary/aromatic N) is 2. The second-order valence-electron chi connectivity index (χ2n) is 5.52. The van der Waals surface area contributed by atoms with Crippen LogP contribution in [0.25, 0.3) is 0 Å². The summed E-state index contributed by atoms with van der Waals surface area (Å²) in [5, 5.41) is 7.19. The van der Waals surface area contributed by atoms with Crippen LogP contribution in [0.15, 0.2) is 35.1 Å². The van der Waals surface area contributed by atoms with Crippen molar-refractivity contribution in [1.82, 2.24) is 9.78 Å². The highest BCUT2D eigenvalue weighted by Gasteiger charge is 2.16. The minimum Gasteiger partial charge on any atom is -0.324 e. The minimum atomic E-state index is -0.228. The molecule has 22 heavy (non-hydrogen) atoms. The lowest BCUT2D eigenvalue weighted by Gasteiger charge is -2.11. The van der Waals surface area contributed by atoms with Crippen LogP contribution >= 0.6 is 0 Å². The van der Waals surface area contributed by atoms with Crippen molar-refractivity contribution in [3.05, 3.63) is 57.5 Å². The molecule has 1 aliphatic rings. The monoisotopic (exact) mass is 297 g/mol. The number of aromatic nitrogens is 2. The summed E-state index contributed by atoms with van der Waals surface area (Å²) in [4.78, 5) is 24.2. The molecule has 0 bridgehead atoms. The summed E-state index contributed by atoms with van der Waals surface area (Å²) in [6, 6.07) is 9.29. The lowest BCUT2D eigenvalue weighted by molar-refractivity contribution is -0.117. The first-order valence-corrected chi connectivity index (χ1v) is 7.65. The molecule has 2 aromatic rings. The van der Waals surface area contributed by atoms with Gasteiger partial charge in [-0.3, -0.25) is 9.59 Å². The van der Waals surface area contributed by atoms with Crippen LogP contribution < -0.4 is 10.9 Å². The van der Waals surface area contributed by atoms with Crippen LogP contribution in [0.4, 0.5) is 5.69 Å². The zero-order valence-corrected chi connectivity index (χ0v) is 12.6. The summed E-state index contributed by atoms with van der Waals surface area (Å²) in [7, 11) is 0. The van der Waals surface area contributed by atoms with E-state index < -0.39 is 0 Å². The average molecular weight is 297 g/mol. The van der Waals surface area contributed by atoms with Crippen molar-refractivity contribution in [1.29, 1.82) is 0 Å². The van der Waals surface area contributed by atoms with E-state index in [4.69, 9.17) is 0 Å². The van der Waals surface area contributed by atoms with Crippen molar-refractivity contribution in [2.75, 3.05) is 5.32 Å². The highest BCUT2D eigenvalue weighted by Crippen LogP contribution is 2.17. The lowest BCUT2D eigenvalue weighted by Crippen LogP contribution is -2.30. The van der Waals surface area contributed by atoms with Crippen LogP contribution in [-0.2, 0) is 30.6 Å². The first-order valence-electron chi connectivity index (χ1n) is 7.65. The molecule has 0 radical (unpaired) electrons. The van der Waals surface area contributed by atoms with Crippen LogP contribution in [0.5, 0.6) is 0 Å². The van der Waals surface area contributed by atoms with Gasteiger partial charge in [0.05, 0.1) is 5.69 Å². The zero-order chi connectivity index (χ0) is 15.5. The van der Waals surface area contributed by atoms with Gasteiger partial charge in [-0.25, -0.2) is 4.68 Å². The fraction of sp³-hybridized carbons (Fsp3) is 0.353. The molecular formula is C17H19N3O2. The van der Waals surface area contributed by atoms with Crippen molar-refractivity contribution >= 4 is 11.6 Å². The smallest absolute Gasteiger partial charge is 0.267 e. The molecule has 114 valence electrons. The number of anilines is 1. The fourth-order valence-corrected chi connectivity index (χ4v) is 2.83. The molecule has 0 unspecified atom stereocenters. The van der Waals surface area contributed by atoms with Crippen molar-refractivity contribution in [2.24, 2.45) is 0 Å². The van der Waals surface area contributed by atoms with Crippen molar-refractivity contribution < 1.29 is 4.79 Å². The van der Waals surface area contributed by atoms with E-state index in [-0.39, 0.29) is 18.0 Å². The molecule has 5 heteroatoms. The molecule has 0 aliphatic heterocycles. The predicted octanol–water partition coefficient (Wildman–Crippen LogP) is 1.93. The molecule has 1 aromatic carbocycles. The van der Waals surface area contributed by atoms with Crippen LogP contribution in [0.3, 0.4) is 0 Å². The molecule has 3 rings (SSSR count). The number of aryl methyl sites for hydroxylation is 3. The molecule has 1 aliphatic carbocycles. The molecule has 0 fully saturated rings. The first-order chi connectivity index (χ1) is 10.7. The van der Waals surface area contributed by atoms with Gasteiger partial charge in [-0.05, 0) is 42.9 Å². The van der Waals surface area contributed by atoms with Gasteiger partial charge in [0, 0.05) is 11.8 Å². The fourth-order valence-electron chi connectivity index (χ4n) is 2.83. The summed E-state index contributed by atoms with van der Waals surface area (Å²) in [6.45, 7) is 1.99. The Morgan fingerprint density at radius 2 is 2.14 bits per heavy atom. The van der Waals surface area contributed by atoms with Gasteiger partial charge in [0.25, 0.3) is 5.56 Å². The van der Waals surface area contributed by atoms with Gasteiger partial charge in [0.1, 0.15) is 6.54 Å². The van der Waals surface area contributed by atoms with Crippen LogP contribution in [0.1, 0.15) is 30.2 Å². The Labute approximate surface area is 129 Å². The van der Waals surface area contributed by atoms with E-state index in [1.54, 1.807) is 6.07 Å². The molecule has 0 saturated carbocycles. The van der Waals surface area contributed by atoms with Crippen LogP contribution in [0.2, 0.25) is 0 Å². The Hall–Kier alpha value is -2.43. The van der Waals surface area contributed by atoms with Gasteiger partial charge in [-0.2, -0.15) is 5.10 Å². The number of carbonyl (C=O) groups excluding carboxylic acids is 1. The number of nitrogens with one attached hydrogen (secondary N) is 1. The summed E-state index contributed by atoms with van der Waals surface area (Å²) < 4.78 is 1.26. The van der Waals surface area contributed by atoms with Gasteiger partial charge in [-0.1, -0.05) is 25.1 Å². The first kappa shape index (κ1) is 14.5. The summed E-state index contributed by atoms with van der Waals surface area (Å²) in [6.07, 6.45) is 3.67. The number of para-hydroxylation sites is 1. The quantitative estimate of drug-likeness (QED) is 0.938. The second-order valence-corrected chi connectivity index (χ2v) is 5.52. The largest absolute Gasteiger partial charge is 0.324 e. The van der Waals surface area contributed by atoms with E-state index in [2.05, 4.69) is 10.4 Å². The van der Waals surface area contributed by atoms with E-state index in [1.165, 1.54) is 4.68 Å². The molecule has 5 nitrogen and oxygen atoms in total. The number of hydrogen-bond acceptors (Lipinski definition) is 3. The zero-order valence-electron chi connectivity index (χ0n) is 12.6. The third-order valence-electron chi connectivity index (χ3n) is 3.99. The topological polar surface area (TPSA) is 64.0 Å². The molecule has 1 aromatic heterocycles. The molecule has 0 atom stereocenters. The maximum absolute atomic E-state index is 12.2. The average Bonchev–Trinajstić information content (AvgIpc) is 2.95. The molecule has 0 saturated heterocycles. The molecule has 0 spiro atoms. The Morgan fingerprint density at radius 1 is 1.32 bits per heavy atom. The highest BCUT2D eigenvalue weighted by atomic mass is 16.2. The maximum atomic E-state index is 12.2. The van der Waals surface area contributed by atoms with E-state index in [1.807, 2.05) is 31.2 Å². The van der Waals surface area contributed by atoms with Crippen molar-refractivity contribution in [3.63, 3.8) is 0 Å². The van der Waals surface area contributed by atoms with Gasteiger partial charge in [-0.15, -0.1) is 0 Å². The third-order valence-corrected chi connectivity index (χ3v) is 3.99. The standard InChI is InChI=1S/C17H19N3O2/c1-2-12-6-3-4-8-14(12)18-16(21)11-20-17(22)10-13-7-5-9-15(13)19-20/h3-4,6,8,10H,2,5,7,9,11H2,1H3,(H,18,21). The third kappa shape index (κ3) is 2.93. The van der Waals surface area contributed by atoms with Gasteiger partial charge in [0.15, 0.2) is 0 Å². The van der Waals surface area contributed by atoms with E-state index >= 15 is 0 Å². The Balaban J connectivity index is 1.76. The number of benzene rings is 1. The number of amides is 1. The van der Waals surface area contributed by atoms with Crippen molar-refractivity contribution in [3.8, 4) is 0 Å². The number of carbonyl (C=O) groups is 1. The van der Waals surface area contributed by atoms with Crippen LogP contribution in [0, 0.1) is 0 Å². The Morgan fingerprint density at radius 3 is 2.95 bits per heavy atom. The Bertz CT molecular complexity index is 765. The van der Waals surface area contributed by atoms with E-state index in [0.29, 0.717) is 0 Å². The maximum Gasteiger partial charge on any atom is 0.267 e. The number of fused-ring (bicyclic) bond motifs is 1. The Kier molecular flexibility index (Phi) is 4.04. The number of rotatable bonds is 4. The van der Waals surface area contributed by atoms with Gasteiger partial charge < -0.3 is 5.32 Å². The highest BCUT2D eigenvalue weighted by molar-refractivity contribution is 5.91. The summed E-state index contributed by atoms with van der Waals surface area (Å²) in [5.41, 5.74) is 3.63. The SMILES string of the molecule is CCc1ccccc1NC(=O)Cn1nc2c(cc1=O)CCC2. The normalized spacial score (nSPS) is 13.0. The molecule has 1 heterocycles. The lowest BCUT2D eigenvalue weighted by atomic mass is 10.1. The second kappa shape index (κ2) is 6.13. The summed E-state index contributed by atoms with van der Waals surface area (Å²) in [5.74, 6) is -0.228. The van der Waals surface area contributed by atoms with E-state index in [0.717, 1.165) is 48.2 Å². The van der Waals surface area contributed by atoms with Crippen molar-refractivity contribution in [2.45, 2.75) is 39.2 Å². The van der Waals surface area contributed by atoms with Gasteiger partial charge in [0.2, 0.25) is 5.91 Å². The molecular weight excluding hydrogens is 278 g/mol.